The Labute approximate surface area is 141 Å². The number of nitrogens with one attached hydrogen (secondary N) is 3. The molecule has 0 spiro atoms. The molecule has 0 aliphatic heterocycles. The molecule has 1 aromatic carbocycles. The highest BCUT2D eigenvalue weighted by molar-refractivity contribution is 5.73. The van der Waals surface area contributed by atoms with Crippen LogP contribution in [-0.4, -0.2) is 44.7 Å². The summed E-state index contributed by atoms with van der Waals surface area (Å²) in [6.07, 6.45) is -0.524. The summed E-state index contributed by atoms with van der Waals surface area (Å²) in [4.78, 5) is 23.0. The maximum Gasteiger partial charge on any atom is 0.407 e. The molecule has 0 radical (unpaired) electrons. The van der Waals surface area contributed by atoms with E-state index in [-0.39, 0.29) is 19.8 Å². The Kier molecular flexibility index (Phi) is 7.67. The van der Waals surface area contributed by atoms with E-state index in [1.54, 1.807) is 46.1 Å². The van der Waals surface area contributed by atoms with Crippen LogP contribution < -0.4 is 25.4 Å². The molecule has 0 heterocycles. The fraction of sp³-hybridized carbons (Fsp3) is 0.500. The van der Waals surface area contributed by atoms with Crippen molar-refractivity contribution in [2.45, 2.75) is 26.4 Å². The third-order valence-corrected chi connectivity index (χ3v) is 2.61. The van der Waals surface area contributed by atoms with Gasteiger partial charge in [0.1, 0.15) is 5.60 Å². The molecule has 0 saturated carbocycles. The first kappa shape index (κ1) is 19.4. The molecule has 8 nitrogen and oxygen atoms in total. The zero-order valence-corrected chi connectivity index (χ0v) is 14.5. The third-order valence-electron chi connectivity index (χ3n) is 2.61. The summed E-state index contributed by atoms with van der Waals surface area (Å²) in [5, 5.41) is 7.66. The van der Waals surface area contributed by atoms with Crippen molar-refractivity contribution in [3.63, 3.8) is 0 Å². The van der Waals surface area contributed by atoms with Crippen LogP contribution in [0, 0.1) is 0 Å². The molecule has 8 heteroatoms. The maximum atomic E-state index is 11.6. The Morgan fingerprint density at radius 2 is 1.62 bits per heavy atom. The lowest BCUT2D eigenvalue weighted by Gasteiger charge is -2.19. The molecular weight excluding hydrogens is 314 g/mol. The van der Waals surface area contributed by atoms with Gasteiger partial charge >= 0.3 is 12.1 Å². The number of hydrogen-bond donors (Lipinski definition) is 3. The summed E-state index contributed by atoms with van der Waals surface area (Å²) in [5.41, 5.74) is -0.551. The first-order chi connectivity index (χ1) is 11.3. The van der Waals surface area contributed by atoms with Gasteiger partial charge in [-0.3, -0.25) is 0 Å². The van der Waals surface area contributed by atoms with E-state index in [0.717, 1.165) is 0 Å². The van der Waals surface area contributed by atoms with E-state index in [9.17, 15) is 9.59 Å². The minimum absolute atomic E-state index is 0.00823. The topological polar surface area (TPSA) is 97.9 Å². The van der Waals surface area contributed by atoms with Crippen molar-refractivity contribution in [1.82, 2.24) is 16.0 Å². The Morgan fingerprint density at radius 1 is 1.00 bits per heavy atom. The number of urea groups is 1. The van der Waals surface area contributed by atoms with Crippen LogP contribution in [0.25, 0.3) is 0 Å². The van der Waals surface area contributed by atoms with Gasteiger partial charge < -0.3 is 30.2 Å². The summed E-state index contributed by atoms with van der Waals surface area (Å²) < 4.78 is 15.6. The van der Waals surface area contributed by atoms with Gasteiger partial charge in [-0.1, -0.05) is 12.1 Å². The highest BCUT2D eigenvalue weighted by atomic mass is 16.6. The van der Waals surface area contributed by atoms with Crippen molar-refractivity contribution in [3.05, 3.63) is 24.3 Å². The molecule has 0 aliphatic carbocycles. The van der Waals surface area contributed by atoms with Crippen LogP contribution in [0.15, 0.2) is 24.3 Å². The Bertz CT molecular complexity index is 543. The predicted octanol–water partition coefficient (Wildman–Crippen LogP) is 1.86. The van der Waals surface area contributed by atoms with Gasteiger partial charge in [-0.25, -0.2) is 9.59 Å². The van der Waals surface area contributed by atoms with Gasteiger partial charge in [-0.2, -0.15) is 0 Å². The Hall–Kier alpha value is -2.64. The Balaban J connectivity index is 2.15. The maximum absolute atomic E-state index is 11.6. The van der Waals surface area contributed by atoms with Gasteiger partial charge in [0.15, 0.2) is 18.2 Å². The average molecular weight is 339 g/mol. The van der Waals surface area contributed by atoms with Crippen molar-refractivity contribution in [2.24, 2.45) is 0 Å². The van der Waals surface area contributed by atoms with Gasteiger partial charge in [0, 0.05) is 13.1 Å². The highest BCUT2D eigenvalue weighted by Crippen LogP contribution is 2.25. The van der Waals surface area contributed by atoms with Crippen molar-refractivity contribution in [1.29, 1.82) is 0 Å². The molecule has 24 heavy (non-hydrogen) atoms. The van der Waals surface area contributed by atoms with E-state index < -0.39 is 17.7 Å². The average Bonchev–Trinajstić information content (AvgIpc) is 2.50. The number of carbonyl (C=O) groups is 2. The first-order valence-corrected chi connectivity index (χ1v) is 7.56. The molecule has 3 amide bonds. The fourth-order valence-corrected chi connectivity index (χ4v) is 1.63. The number of amides is 3. The number of methoxy groups -OCH3 is 1. The molecule has 1 aromatic rings. The van der Waals surface area contributed by atoms with E-state index >= 15 is 0 Å². The number of hydrogen-bond acceptors (Lipinski definition) is 5. The van der Waals surface area contributed by atoms with E-state index in [4.69, 9.17) is 14.2 Å². The van der Waals surface area contributed by atoms with Crippen molar-refractivity contribution < 1.29 is 23.8 Å². The van der Waals surface area contributed by atoms with Crippen molar-refractivity contribution >= 4 is 12.1 Å². The minimum Gasteiger partial charge on any atom is -0.493 e. The lowest BCUT2D eigenvalue weighted by atomic mass is 10.2. The van der Waals surface area contributed by atoms with Crippen LogP contribution >= 0.6 is 0 Å². The molecular formula is C16H25N3O5. The van der Waals surface area contributed by atoms with Crippen LogP contribution in [0.3, 0.4) is 0 Å². The van der Waals surface area contributed by atoms with E-state index in [1.165, 1.54) is 0 Å². The monoisotopic (exact) mass is 339 g/mol. The molecule has 0 unspecified atom stereocenters. The van der Waals surface area contributed by atoms with E-state index in [0.29, 0.717) is 11.5 Å². The number of para-hydroxylation sites is 2. The lowest BCUT2D eigenvalue weighted by molar-refractivity contribution is 0.0528. The molecule has 0 saturated heterocycles. The summed E-state index contributed by atoms with van der Waals surface area (Å²) in [6.45, 7) is 5.85. The van der Waals surface area contributed by atoms with Crippen LogP contribution in [-0.2, 0) is 4.74 Å². The van der Waals surface area contributed by atoms with E-state index in [1.807, 2.05) is 6.07 Å². The zero-order valence-electron chi connectivity index (χ0n) is 14.5. The number of benzene rings is 1. The number of carbonyl (C=O) groups excluding carboxylic acids is 2. The number of ether oxygens (including phenoxy) is 3. The normalized spacial score (nSPS) is 10.5. The largest absolute Gasteiger partial charge is 0.493 e. The first-order valence-electron chi connectivity index (χ1n) is 7.56. The van der Waals surface area contributed by atoms with Gasteiger partial charge in [-0.05, 0) is 32.9 Å². The fourth-order valence-electron chi connectivity index (χ4n) is 1.63. The molecule has 0 fully saturated rings. The van der Waals surface area contributed by atoms with Gasteiger partial charge in [-0.15, -0.1) is 0 Å². The van der Waals surface area contributed by atoms with Crippen molar-refractivity contribution in [3.8, 4) is 11.5 Å². The van der Waals surface area contributed by atoms with Gasteiger partial charge in [0.25, 0.3) is 0 Å². The number of alkyl carbamates (subject to hydrolysis) is 1. The summed E-state index contributed by atoms with van der Waals surface area (Å²) >= 11 is 0. The van der Waals surface area contributed by atoms with Gasteiger partial charge in [0.05, 0.1) is 7.11 Å². The SMILES string of the molecule is COc1ccccc1OCNC(=O)NCCNC(=O)OC(C)(C)C. The predicted molar refractivity (Wildman–Crippen MR) is 89.3 cm³/mol. The van der Waals surface area contributed by atoms with Crippen LogP contribution in [0.1, 0.15) is 20.8 Å². The third kappa shape index (κ3) is 8.11. The van der Waals surface area contributed by atoms with Gasteiger partial charge in [0.2, 0.25) is 0 Å². The molecule has 134 valence electrons. The Morgan fingerprint density at radius 3 is 2.25 bits per heavy atom. The molecule has 0 atom stereocenters. The summed E-state index contributed by atoms with van der Waals surface area (Å²) in [7, 11) is 1.54. The minimum atomic E-state index is -0.551. The van der Waals surface area contributed by atoms with E-state index in [2.05, 4.69) is 16.0 Å². The summed E-state index contributed by atoms with van der Waals surface area (Å²) in [6, 6.07) is 6.72. The molecule has 0 bridgehead atoms. The standard InChI is InChI=1S/C16H25N3O5/c1-16(2,3)24-15(21)18-10-9-17-14(20)19-11-23-13-8-6-5-7-12(13)22-4/h5-8H,9-11H2,1-4H3,(H,18,21)(H2,17,19,20). The second kappa shape index (κ2) is 9.49. The highest BCUT2D eigenvalue weighted by Gasteiger charge is 2.15. The molecule has 0 aliphatic rings. The smallest absolute Gasteiger partial charge is 0.407 e. The van der Waals surface area contributed by atoms with Crippen LogP contribution in [0.5, 0.6) is 11.5 Å². The number of rotatable bonds is 7. The lowest BCUT2D eigenvalue weighted by Crippen LogP contribution is -2.42. The zero-order chi connectivity index (χ0) is 18.0. The quantitative estimate of drug-likeness (QED) is 0.520. The van der Waals surface area contributed by atoms with Crippen LogP contribution in [0.4, 0.5) is 9.59 Å². The van der Waals surface area contributed by atoms with Crippen LogP contribution in [0.2, 0.25) is 0 Å². The second-order valence-electron chi connectivity index (χ2n) is 5.80. The second-order valence-corrected chi connectivity index (χ2v) is 5.80. The summed E-state index contributed by atoms with van der Waals surface area (Å²) in [5.74, 6) is 1.12. The van der Waals surface area contributed by atoms with Crippen molar-refractivity contribution in [2.75, 3.05) is 26.9 Å². The molecule has 3 N–H and O–H groups in total. The molecule has 1 rings (SSSR count). The molecule has 0 aromatic heterocycles.